The summed E-state index contributed by atoms with van der Waals surface area (Å²) in [5.74, 6) is 0.210. The summed E-state index contributed by atoms with van der Waals surface area (Å²) in [6, 6.07) is 14.5. The van der Waals surface area contributed by atoms with Gasteiger partial charge in [0.1, 0.15) is 11.4 Å². The molecule has 3 rings (SSSR count). The highest BCUT2D eigenvalue weighted by molar-refractivity contribution is 9.10. The Labute approximate surface area is 136 Å². The van der Waals surface area contributed by atoms with Crippen molar-refractivity contribution in [2.75, 3.05) is 0 Å². The number of phenols is 1. The minimum atomic E-state index is 0.210. The van der Waals surface area contributed by atoms with Gasteiger partial charge in [0, 0.05) is 21.7 Å². The number of benzene rings is 2. The van der Waals surface area contributed by atoms with Crippen LogP contribution in [0, 0.1) is 12.1 Å². The van der Waals surface area contributed by atoms with Crippen molar-refractivity contribution in [2.45, 2.75) is 6.92 Å². The first-order valence-electron chi connectivity index (χ1n) is 6.70. The molecule has 5 heteroatoms. The molecule has 0 saturated heterocycles. The third-order valence-electron chi connectivity index (χ3n) is 3.45. The van der Waals surface area contributed by atoms with Gasteiger partial charge in [-0.25, -0.2) is 4.73 Å². The third kappa shape index (κ3) is 2.67. The molecule has 0 saturated carbocycles. The van der Waals surface area contributed by atoms with Gasteiger partial charge in [-0.1, -0.05) is 28.1 Å². The minimum Gasteiger partial charge on any atom is -0.710 e. The zero-order valence-electron chi connectivity index (χ0n) is 11.8. The first-order valence-corrected chi connectivity index (χ1v) is 7.49. The molecule has 0 aliphatic carbocycles. The Morgan fingerprint density at radius 3 is 2.64 bits per heavy atom. The highest BCUT2D eigenvalue weighted by Gasteiger charge is 2.14. The zero-order valence-corrected chi connectivity index (χ0v) is 13.4. The lowest BCUT2D eigenvalue weighted by molar-refractivity contribution is -0.597. The summed E-state index contributed by atoms with van der Waals surface area (Å²) in [6.45, 7) is 1.80. The smallest absolute Gasteiger partial charge is 0.290 e. The number of rotatable bonds is 2. The Kier molecular flexibility index (Phi) is 3.81. The monoisotopic (exact) mass is 356 g/mol. The lowest BCUT2D eigenvalue weighted by atomic mass is 10.1. The molecule has 0 atom stereocenters. The molecule has 0 fully saturated rings. The number of phenolic OH excluding ortho intramolecular Hbond substituents is 1. The number of halogens is 1. The minimum absolute atomic E-state index is 0.210. The molecule has 1 heterocycles. The molecule has 0 radical (unpaired) electrons. The van der Waals surface area contributed by atoms with Gasteiger partial charge in [-0.3, -0.25) is 0 Å². The van der Waals surface area contributed by atoms with Crippen LogP contribution in [0.2, 0.25) is 0 Å². The zero-order chi connectivity index (χ0) is 15.7. The maximum atomic E-state index is 12.1. The molecule has 0 bridgehead atoms. The van der Waals surface area contributed by atoms with Crippen molar-refractivity contribution in [3.05, 3.63) is 70.1 Å². The van der Waals surface area contributed by atoms with Gasteiger partial charge in [0.2, 0.25) is 0 Å². The van der Waals surface area contributed by atoms with Gasteiger partial charge in [0.25, 0.3) is 6.33 Å². The maximum Gasteiger partial charge on any atom is 0.290 e. The summed E-state index contributed by atoms with van der Waals surface area (Å²) >= 11 is 3.50. The second-order valence-corrected chi connectivity index (χ2v) is 5.82. The number of aromatic nitrogens is 2. The fraction of sp³-hybridized carbons (Fsp3) is 0.0588. The SMILES string of the molecule is Cc1cc(-c2cc(-c3ccccc3Br)nc[n+]2[O-])ccc1O. The van der Waals surface area contributed by atoms with E-state index in [0.717, 1.165) is 25.9 Å². The molecule has 1 N–H and O–H groups in total. The fourth-order valence-corrected chi connectivity index (χ4v) is 2.74. The van der Waals surface area contributed by atoms with Crippen LogP contribution >= 0.6 is 15.9 Å². The van der Waals surface area contributed by atoms with Crippen LogP contribution in [-0.2, 0) is 0 Å². The second kappa shape index (κ2) is 5.77. The largest absolute Gasteiger partial charge is 0.710 e. The Morgan fingerprint density at radius 1 is 1.14 bits per heavy atom. The summed E-state index contributed by atoms with van der Waals surface area (Å²) in [7, 11) is 0. The quantitative estimate of drug-likeness (QED) is 0.560. The standard InChI is InChI=1S/C17H13BrN2O2/c1-11-8-12(6-7-17(11)21)16-9-15(19-10-20(16)22)13-4-2-3-5-14(13)18/h2-10,21H,1H3. The number of nitrogens with zero attached hydrogens (tertiary/aromatic N) is 2. The molecule has 0 spiro atoms. The predicted molar refractivity (Wildman–Crippen MR) is 88.2 cm³/mol. The summed E-state index contributed by atoms with van der Waals surface area (Å²) in [5, 5.41) is 21.7. The molecule has 1 aromatic heterocycles. The van der Waals surface area contributed by atoms with Gasteiger partial charge in [-0.05, 0) is 47.8 Å². The normalized spacial score (nSPS) is 10.6. The van der Waals surface area contributed by atoms with Crippen LogP contribution < -0.4 is 4.73 Å². The van der Waals surface area contributed by atoms with E-state index in [1.807, 2.05) is 24.3 Å². The molecule has 0 unspecified atom stereocenters. The molecule has 0 aliphatic heterocycles. The van der Waals surface area contributed by atoms with Gasteiger partial charge < -0.3 is 10.3 Å². The van der Waals surface area contributed by atoms with E-state index in [0.29, 0.717) is 11.4 Å². The van der Waals surface area contributed by atoms with Crippen LogP contribution in [0.5, 0.6) is 5.75 Å². The number of aromatic hydroxyl groups is 1. The van der Waals surface area contributed by atoms with Crippen molar-refractivity contribution < 1.29 is 9.84 Å². The van der Waals surface area contributed by atoms with E-state index in [4.69, 9.17) is 0 Å². The van der Waals surface area contributed by atoms with E-state index in [9.17, 15) is 10.3 Å². The maximum absolute atomic E-state index is 12.1. The van der Waals surface area contributed by atoms with Crippen molar-refractivity contribution in [2.24, 2.45) is 0 Å². The summed E-state index contributed by atoms with van der Waals surface area (Å²) in [5.41, 5.74) is 3.57. The van der Waals surface area contributed by atoms with Crippen LogP contribution in [0.3, 0.4) is 0 Å². The molecule has 3 aromatic rings. The Balaban J connectivity index is 2.15. The van der Waals surface area contributed by atoms with Crippen LogP contribution in [0.4, 0.5) is 0 Å². The summed E-state index contributed by atoms with van der Waals surface area (Å²) in [4.78, 5) is 4.21. The topological polar surface area (TPSA) is 60.1 Å². The molecule has 22 heavy (non-hydrogen) atoms. The molecule has 0 aliphatic rings. The van der Waals surface area contributed by atoms with E-state index in [1.165, 1.54) is 6.33 Å². The van der Waals surface area contributed by atoms with E-state index >= 15 is 0 Å². The predicted octanol–water partition coefficient (Wildman–Crippen LogP) is 3.83. The van der Waals surface area contributed by atoms with E-state index in [1.54, 1.807) is 31.2 Å². The van der Waals surface area contributed by atoms with E-state index < -0.39 is 0 Å². The number of aryl methyl sites for hydroxylation is 1. The van der Waals surface area contributed by atoms with Gasteiger partial charge >= 0.3 is 0 Å². The molecule has 4 nitrogen and oxygen atoms in total. The molecular weight excluding hydrogens is 344 g/mol. The fourth-order valence-electron chi connectivity index (χ4n) is 2.25. The molecular formula is C17H13BrN2O2. The molecule has 0 amide bonds. The Morgan fingerprint density at radius 2 is 1.91 bits per heavy atom. The Bertz CT molecular complexity index is 850. The van der Waals surface area contributed by atoms with Crippen LogP contribution in [0.15, 0.2) is 59.3 Å². The highest BCUT2D eigenvalue weighted by Crippen LogP contribution is 2.29. The van der Waals surface area contributed by atoms with Gasteiger partial charge in [-0.15, -0.1) is 0 Å². The first-order chi connectivity index (χ1) is 10.6. The van der Waals surface area contributed by atoms with Crippen LogP contribution in [0.25, 0.3) is 22.5 Å². The lowest BCUT2D eigenvalue weighted by Crippen LogP contribution is -2.29. The third-order valence-corrected chi connectivity index (χ3v) is 4.15. The van der Waals surface area contributed by atoms with E-state index in [-0.39, 0.29) is 5.75 Å². The van der Waals surface area contributed by atoms with Crippen LogP contribution in [0.1, 0.15) is 5.56 Å². The molecule has 2 aromatic carbocycles. The van der Waals surface area contributed by atoms with Crippen molar-refractivity contribution in [3.8, 4) is 28.3 Å². The second-order valence-electron chi connectivity index (χ2n) is 4.97. The average Bonchev–Trinajstić information content (AvgIpc) is 2.51. The Hall–Kier alpha value is -2.40. The first kappa shape index (κ1) is 14.5. The highest BCUT2D eigenvalue weighted by atomic mass is 79.9. The van der Waals surface area contributed by atoms with Gasteiger partial charge in [-0.2, -0.15) is 0 Å². The number of hydrogen-bond donors (Lipinski definition) is 1. The van der Waals surface area contributed by atoms with Gasteiger partial charge in [0.05, 0.1) is 0 Å². The average molecular weight is 357 g/mol. The van der Waals surface area contributed by atoms with Crippen molar-refractivity contribution >= 4 is 15.9 Å². The van der Waals surface area contributed by atoms with Gasteiger partial charge in [0.15, 0.2) is 5.69 Å². The lowest BCUT2D eigenvalue weighted by Gasteiger charge is -2.10. The van der Waals surface area contributed by atoms with Crippen molar-refractivity contribution in [3.63, 3.8) is 0 Å². The van der Waals surface area contributed by atoms with Crippen molar-refractivity contribution in [1.82, 2.24) is 4.98 Å². The van der Waals surface area contributed by atoms with Crippen molar-refractivity contribution in [1.29, 1.82) is 0 Å². The van der Waals surface area contributed by atoms with Crippen LogP contribution in [-0.4, -0.2) is 10.1 Å². The summed E-state index contributed by atoms with van der Waals surface area (Å²) in [6.07, 6.45) is 1.26. The number of hydrogen-bond acceptors (Lipinski definition) is 3. The molecule has 110 valence electrons. The summed E-state index contributed by atoms with van der Waals surface area (Å²) < 4.78 is 1.64. The van der Waals surface area contributed by atoms with E-state index in [2.05, 4.69) is 20.9 Å².